The summed E-state index contributed by atoms with van der Waals surface area (Å²) in [5.41, 5.74) is 2.12. The normalized spacial score (nSPS) is 24.1. The molecular formula is C22H25N6O7S2+. The van der Waals surface area contributed by atoms with Crippen molar-refractivity contribution in [3.8, 4) is 5.88 Å². The van der Waals surface area contributed by atoms with E-state index in [1.807, 2.05) is 0 Å². The van der Waals surface area contributed by atoms with E-state index >= 15 is 0 Å². The highest BCUT2D eigenvalue weighted by molar-refractivity contribution is 8.14. The molecule has 0 aromatic carbocycles. The summed E-state index contributed by atoms with van der Waals surface area (Å²) in [6.45, 7) is 3.73. The number of rotatable bonds is 8. The van der Waals surface area contributed by atoms with E-state index in [0.717, 1.165) is 23.1 Å². The maximum atomic E-state index is 14.1. The molecule has 13 nitrogen and oxygen atoms in total. The van der Waals surface area contributed by atoms with E-state index < -0.39 is 40.4 Å². The lowest BCUT2D eigenvalue weighted by molar-refractivity contribution is -0.705. The quantitative estimate of drug-likeness (QED) is 0.182. The number of nitrogens with two attached hydrogens (primary N) is 1. The Bertz CT molecular complexity index is 1270. The van der Waals surface area contributed by atoms with E-state index in [1.54, 1.807) is 35.2 Å². The summed E-state index contributed by atoms with van der Waals surface area (Å²) in [6, 6.07) is 5.26. The molecule has 2 amide bonds. The van der Waals surface area contributed by atoms with Gasteiger partial charge in [0, 0.05) is 19.1 Å². The molecule has 2 aromatic heterocycles. The Morgan fingerprint density at radius 3 is 2.62 bits per heavy atom. The molecule has 2 aliphatic heterocycles. The molecule has 2 aliphatic rings. The fraction of sp³-hybridized carbons (Fsp3) is 0.409. The third-order valence-corrected chi connectivity index (χ3v) is 7.79. The molecule has 2 saturated heterocycles. The SMILES string of the molecule is CC(=O)NC1N2C(=O)C[C@H]2SC(=NOC(C)(C)C(=O)O)C1(C[n+]1ccccc1)C(=O)Oc1csc(N)n1. The van der Waals surface area contributed by atoms with Crippen LogP contribution in [0.5, 0.6) is 5.88 Å². The molecule has 0 spiro atoms. The molecule has 2 fully saturated rings. The number of carboxylic acids is 1. The van der Waals surface area contributed by atoms with E-state index in [2.05, 4.69) is 15.5 Å². The molecule has 0 radical (unpaired) electrons. The molecule has 4 heterocycles. The van der Waals surface area contributed by atoms with Crippen LogP contribution in [0, 0.1) is 5.41 Å². The number of nitrogens with zero attached hydrogens (tertiary/aromatic N) is 4. The number of thioether (sulfide) groups is 1. The van der Waals surface area contributed by atoms with Crippen molar-refractivity contribution in [2.75, 3.05) is 5.73 Å². The highest BCUT2D eigenvalue weighted by Crippen LogP contribution is 2.48. The van der Waals surface area contributed by atoms with Crippen molar-refractivity contribution in [2.24, 2.45) is 10.6 Å². The van der Waals surface area contributed by atoms with Crippen molar-refractivity contribution >= 4 is 57.0 Å². The maximum absolute atomic E-state index is 14.1. The van der Waals surface area contributed by atoms with Crippen molar-refractivity contribution in [3.63, 3.8) is 0 Å². The maximum Gasteiger partial charge on any atom is 0.350 e. The number of carbonyl (C=O) groups excluding carboxylic acids is 3. The van der Waals surface area contributed by atoms with Gasteiger partial charge in [0.15, 0.2) is 24.1 Å². The van der Waals surface area contributed by atoms with Gasteiger partial charge in [0.2, 0.25) is 28.7 Å². The van der Waals surface area contributed by atoms with E-state index in [-0.39, 0.29) is 34.9 Å². The number of carboxylic acid groups (broad SMARTS) is 1. The smallest absolute Gasteiger partial charge is 0.350 e. The van der Waals surface area contributed by atoms with Gasteiger partial charge in [-0.1, -0.05) is 23.0 Å². The third-order valence-electron chi connectivity index (χ3n) is 5.81. The van der Waals surface area contributed by atoms with Crippen LogP contribution in [0.25, 0.3) is 0 Å². The molecule has 4 N–H and O–H groups in total. The van der Waals surface area contributed by atoms with E-state index in [0.29, 0.717) is 0 Å². The van der Waals surface area contributed by atoms with E-state index in [4.69, 9.17) is 15.3 Å². The topological polar surface area (TPSA) is 177 Å². The predicted molar refractivity (Wildman–Crippen MR) is 132 cm³/mol. The third kappa shape index (κ3) is 5.09. The van der Waals surface area contributed by atoms with Gasteiger partial charge in [0.05, 0.1) is 17.2 Å². The number of aromatic nitrogens is 2. The van der Waals surface area contributed by atoms with Crippen LogP contribution in [0.3, 0.4) is 0 Å². The second-order valence-corrected chi connectivity index (χ2v) is 11.0. The summed E-state index contributed by atoms with van der Waals surface area (Å²) in [4.78, 5) is 61.6. The Balaban J connectivity index is 1.90. The summed E-state index contributed by atoms with van der Waals surface area (Å²) >= 11 is 2.13. The molecule has 0 aliphatic carbocycles. The predicted octanol–water partition coefficient (Wildman–Crippen LogP) is 0.566. The van der Waals surface area contributed by atoms with Gasteiger partial charge in [-0.2, -0.15) is 4.98 Å². The van der Waals surface area contributed by atoms with Crippen LogP contribution in [0.4, 0.5) is 5.13 Å². The molecule has 4 rings (SSSR count). The minimum absolute atomic E-state index is 0.0406. The number of hydrogen-bond acceptors (Lipinski definition) is 11. The van der Waals surface area contributed by atoms with Crippen molar-refractivity contribution in [2.45, 2.75) is 50.9 Å². The minimum atomic E-state index is -1.85. The van der Waals surface area contributed by atoms with Gasteiger partial charge in [-0.3, -0.25) is 14.4 Å². The number of esters is 1. The van der Waals surface area contributed by atoms with E-state index in [9.17, 15) is 24.3 Å². The molecule has 2 unspecified atom stereocenters. The number of oxime groups is 1. The van der Waals surface area contributed by atoms with Gasteiger partial charge >= 0.3 is 11.9 Å². The first-order valence-electron chi connectivity index (χ1n) is 11.1. The van der Waals surface area contributed by atoms with Gasteiger partial charge in [0.25, 0.3) is 0 Å². The largest absolute Gasteiger partial charge is 0.478 e. The molecule has 0 saturated carbocycles. The number of nitrogens with one attached hydrogen (secondary N) is 1. The summed E-state index contributed by atoms with van der Waals surface area (Å²) in [7, 11) is 0. The molecule has 3 atom stereocenters. The molecule has 37 heavy (non-hydrogen) atoms. The van der Waals surface area contributed by atoms with Crippen LogP contribution in [0.2, 0.25) is 0 Å². The summed E-state index contributed by atoms with van der Waals surface area (Å²) in [5, 5.41) is 17.6. The number of ether oxygens (including phenoxy) is 1. The van der Waals surface area contributed by atoms with Gasteiger partial charge in [-0.05, 0) is 13.8 Å². The summed E-state index contributed by atoms with van der Waals surface area (Å²) in [5.74, 6) is -3.03. The number of carbonyl (C=O) groups is 4. The lowest BCUT2D eigenvalue weighted by Crippen LogP contribution is -2.76. The standard InChI is InChI=1S/C22H24N6O7S2/c1-12(29)24-16-22(11-27-7-5-4-6-8-27,19(33)34-13-10-36-20(23)25-13)17(26-35-21(2,3)18(31)32)37-15-9-14(30)28(15)16/h4-8,10,15-16H,9,11H2,1-3H3,(H3-,23,24,25,29,31,32)/p+1/t15-,16?,22?/m1/s1. The molecule has 196 valence electrons. The number of hydrogen-bond donors (Lipinski definition) is 3. The number of fused-ring (bicyclic) bond motifs is 1. The summed E-state index contributed by atoms with van der Waals surface area (Å²) in [6.07, 6.45) is 2.29. The molecule has 15 heteroatoms. The zero-order valence-electron chi connectivity index (χ0n) is 20.1. The number of thiazole rings is 1. The first kappa shape index (κ1) is 26.3. The second kappa shape index (κ2) is 9.97. The van der Waals surface area contributed by atoms with Crippen LogP contribution in [-0.4, -0.2) is 60.9 Å². The van der Waals surface area contributed by atoms with Crippen LogP contribution in [0.15, 0.2) is 41.1 Å². The number of aliphatic carboxylic acids is 1. The lowest BCUT2D eigenvalue weighted by Gasteiger charge is -2.54. The lowest BCUT2D eigenvalue weighted by atomic mass is 9.82. The zero-order valence-corrected chi connectivity index (χ0v) is 21.7. The fourth-order valence-electron chi connectivity index (χ4n) is 3.83. The molecule has 2 aromatic rings. The zero-order chi connectivity index (χ0) is 27.0. The minimum Gasteiger partial charge on any atom is -0.478 e. The second-order valence-electron chi connectivity index (χ2n) is 8.92. The van der Waals surface area contributed by atoms with Gasteiger partial charge < -0.3 is 30.6 Å². The Hall–Kier alpha value is -3.72. The Morgan fingerprint density at radius 2 is 2.05 bits per heavy atom. The first-order chi connectivity index (χ1) is 17.4. The average Bonchev–Trinajstić information content (AvgIpc) is 3.23. The van der Waals surface area contributed by atoms with Crippen LogP contribution in [-0.2, 0) is 30.6 Å². The van der Waals surface area contributed by atoms with Crippen LogP contribution >= 0.6 is 23.1 Å². The van der Waals surface area contributed by atoms with Crippen molar-refractivity contribution in [3.05, 3.63) is 36.0 Å². The molecular weight excluding hydrogens is 524 g/mol. The first-order valence-corrected chi connectivity index (χ1v) is 12.8. The van der Waals surface area contributed by atoms with E-state index in [1.165, 1.54) is 31.1 Å². The number of nitrogen functional groups attached to an aromatic ring is 1. The van der Waals surface area contributed by atoms with Crippen molar-refractivity contribution in [1.82, 2.24) is 15.2 Å². The Morgan fingerprint density at radius 1 is 1.35 bits per heavy atom. The van der Waals surface area contributed by atoms with Gasteiger partial charge in [0.1, 0.15) is 11.2 Å². The Kier molecular flexibility index (Phi) is 7.10. The van der Waals surface area contributed by atoms with Crippen LogP contribution < -0.4 is 20.4 Å². The van der Waals surface area contributed by atoms with Gasteiger partial charge in [-0.25, -0.2) is 9.36 Å². The fourth-order valence-corrected chi connectivity index (χ4v) is 5.68. The number of anilines is 1. The average molecular weight is 550 g/mol. The number of amides is 2. The molecule has 0 bridgehead atoms. The number of pyridine rings is 1. The van der Waals surface area contributed by atoms with Crippen molar-refractivity contribution < 1.29 is 38.4 Å². The Labute approximate surface area is 219 Å². The highest BCUT2D eigenvalue weighted by atomic mass is 32.2. The summed E-state index contributed by atoms with van der Waals surface area (Å²) < 4.78 is 7.29. The highest BCUT2D eigenvalue weighted by Gasteiger charge is 2.66. The monoisotopic (exact) mass is 549 g/mol. The number of β-lactam (4-membered cyclic amide) rings is 1. The van der Waals surface area contributed by atoms with Gasteiger partial charge in [-0.15, -0.1) is 11.3 Å². The van der Waals surface area contributed by atoms with Crippen molar-refractivity contribution in [1.29, 1.82) is 0 Å². The van der Waals surface area contributed by atoms with Crippen LogP contribution in [0.1, 0.15) is 27.2 Å².